The molecule has 0 aliphatic heterocycles. The maximum atomic E-state index is 8.25. The summed E-state index contributed by atoms with van der Waals surface area (Å²) >= 11 is 0. The molecule has 24 heavy (non-hydrogen) atoms. The second-order valence-electron chi connectivity index (χ2n) is 4.57. The molecular weight excluding hydrogens is 506 g/mol. The molecule has 0 amide bonds. The maximum Gasteiger partial charge on any atom is 3.00 e. The van der Waals surface area contributed by atoms with E-state index in [1.165, 1.54) is 15.9 Å². The van der Waals surface area contributed by atoms with Gasteiger partial charge in [0.25, 0.3) is 0 Å². The minimum Gasteiger partial charge on any atom is -0.356 e. The molecule has 0 bridgehead atoms. The average molecular weight is 521 g/mol. The Morgan fingerprint density at radius 2 is 0.792 bits per heavy atom. The van der Waals surface area contributed by atoms with Crippen LogP contribution in [0.1, 0.15) is 0 Å². The van der Waals surface area contributed by atoms with Crippen molar-refractivity contribution < 1.29 is 27.5 Å². The van der Waals surface area contributed by atoms with Crippen molar-refractivity contribution in [2.24, 2.45) is 0 Å². The van der Waals surface area contributed by atoms with Crippen LogP contribution in [-0.4, -0.2) is 5.09 Å². The molecule has 0 aliphatic rings. The van der Waals surface area contributed by atoms with E-state index in [1.54, 1.807) is 0 Å². The summed E-state index contributed by atoms with van der Waals surface area (Å²) in [4.78, 5) is 8.25. The minimum atomic E-state index is -1.75. The van der Waals surface area contributed by atoms with Gasteiger partial charge in [-0.2, -0.15) is 0 Å². The van der Waals surface area contributed by atoms with Gasteiger partial charge in [0.2, 0.25) is 0 Å². The van der Waals surface area contributed by atoms with E-state index in [9.17, 15) is 0 Å². The van der Waals surface area contributed by atoms with Crippen LogP contribution >= 0.6 is 7.92 Å². The molecule has 4 nitrogen and oxygen atoms in total. The molecule has 0 saturated carbocycles. The van der Waals surface area contributed by atoms with Gasteiger partial charge in [-0.1, -0.05) is 91.0 Å². The quantitative estimate of drug-likeness (QED) is 0.230. The van der Waals surface area contributed by atoms with Crippen LogP contribution in [0.25, 0.3) is 0 Å². The molecule has 0 radical (unpaired) electrons. The fourth-order valence-corrected chi connectivity index (χ4v) is 4.48. The smallest absolute Gasteiger partial charge is 0.356 e. The normalized spacial score (nSPS) is 9.38. The topological polar surface area (TPSA) is 66.2 Å². The molecular formula is C18H15AuNO3P+2. The SMILES string of the molecule is O=[N+]([O-])[O-].[Au+3].c1ccc(P(c2ccccc2)c2ccccc2)cc1. The van der Waals surface area contributed by atoms with Crippen LogP contribution in [0.2, 0.25) is 0 Å². The summed E-state index contributed by atoms with van der Waals surface area (Å²) in [7, 11) is -0.446. The van der Waals surface area contributed by atoms with E-state index in [1.807, 2.05) is 0 Å². The van der Waals surface area contributed by atoms with Crippen molar-refractivity contribution in [2.75, 3.05) is 0 Å². The van der Waals surface area contributed by atoms with Crippen molar-refractivity contribution in [3.63, 3.8) is 0 Å². The van der Waals surface area contributed by atoms with Crippen molar-refractivity contribution in [1.82, 2.24) is 0 Å². The molecule has 3 aromatic carbocycles. The molecule has 124 valence electrons. The first-order valence-corrected chi connectivity index (χ1v) is 8.29. The summed E-state index contributed by atoms with van der Waals surface area (Å²) < 4.78 is 0. The largest absolute Gasteiger partial charge is 3.00 e. The fraction of sp³-hybridized carbons (Fsp3) is 0. The Morgan fingerprint density at radius 1 is 0.583 bits per heavy atom. The minimum absolute atomic E-state index is 0. The number of nitrogens with zero attached hydrogens (tertiary/aromatic N) is 1. The summed E-state index contributed by atoms with van der Waals surface area (Å²) in [6, 6.07) is 32.3. The van der Waals surface area contributed by atoms with Gasteiger partial charge < -0.3 is 15.3 Å². The third kappa shape index (κ3) is 6.26. The van der Waals surface area contributed by atoms with Gasteiger partial charge >= 0.3 is 22.4 Å². The van der Waals surface area contributed by atoms with Crippen molar-refractivity contribution in [3.05, 3.63) is 106 Å². The van der Waals surface area contributed by atoms with Gasteiger partial charge in [-0.25, -0.2) is 0 Å². The van der Waals surface area contributed by atoms with Gasteiger partial charge in [0.15, 0.2) is 0 Å². The Bertz CT molecular complexity index is 629. The Hall–Kier alpha value is -1.97. The monoisotopic (exact) mass is 521 g/mol. The van der Waals surface area contributed by atoms with Crippen molar-refractivity contribution in [3.8, 4) is 0 Å². The van der Waals surface area contributed by atoms with E-state index in [4.69, 9.17) is 15.3 Å². The molecule has 0 saturated heterocycles. The molecule has 0 fully saturated rings. The first-order valence-electron chi connectivity index (χ1n) is 6.95. The zero-order valence-corrected chi connectivity index (χ0v) is 15.6. The third-order valence-electron chi connectivity index (χ3n) is 3.04. The van der Waals surface area contributed by atoms with Crippen LogP contribution in [0.4, 0.5) is 0 Å². The summed E-state index contributed by atoms with van der Waals surface area (Å²) in [5, 5.41) is 18.9. The Labute approximate surface area is 157 Å². The predicted octanol–water partition coefficient (Wildman–Crippen LogP) is 3.20. The zero-order chi connectivity index (χ0) is 16.5. The summed E-state index contributed by atoms with van der Waals surface area (Å²) in [6.07, 6.45) is 0. The van der Waals surface area contributed by atoms with E-state index in [2.05, 4.69) is 91.0 Å². The molecule has 0 aliphatic carbocycles. The van der Waals surface area contributed by atoms with Gasteiger partial charge in [-0.15, -0.1) is 0 Å². The number of benzene rings is 3. The van der Waals surface area contributed by atoms with Gasteiger partial charge in [-0.05, 0) is 23.8 Å². The van der Waals surface area contributed by atoms with Crippen LogP contribution in [-0.2, 0) is 22.4 Å². The first kappa shape index (κ1) is 20.1. The molecule has 0 atom stereocenters. The van der Waals surface area contributed by atoms with E-state index >= 15 is 0 Å². The van der Waals surface area contributed by atoms with Crippen molar-refractivity contribution in [2.45, 2.75) is 0 Å². The van der Waals surface area contributed by atoms with E-state index in [-0.39, 0.29) is 22.4 Å². The van der Waals surface area contributed by atoms with Gasteiger partial charge in [0.1, 0.15) is 0 Å². The maximum absolute atomic E-state index is 8.25. The Morgan fingerprint density at radius 3 is 1.00 bits per heavy atom. The number of hydrogen-bond acceptors (Lipinski definition) is 3. The van der Waals surface area contributed by atoms with Gasteiger partial charge in [0, 0.05) is 0 Å². The van der Waals surface area contributed by atoms with Crippen LogP contribution < -0.4 is 15.9 Å². The summed E-state index contributed by atoms with van der Waals surface area (Å²) in [6.45, 7) is 0. The number of rotatable bonds is 3. The summed E-state index contributed by atoms with van der Waals surface area (Å²) in [5.41, 5.74) is 0. The molecule has 0 unspecified atom stereocenters. The standard InChI is InChI=1S/C18H15P.Au.NO3/c1-4-10-16(11-5-1)19(17-12-6-2-7-13-17)18-14-8-3-9-15-18;;2-1(3)4/h1-15H;;/q;+3;-1. The molecule has 0 spiro atoms. The second-order valence-corrected chi connectivity index (χ2v) is 6.79. The Kier molecular flexibility index (Phi) is 8.98. The third-order valence-corrected chi connectivity index (χ3v) is 5.49. The van der Waals surface area contributed by atoms with Gasteiger partial charge in [0.05, 0.1) is 5.09 Å². The molecule has 6 heteroatoms. The second kappa shape index (κ2) is 10.7. The van der Waals surface area contributed by atoms with Crippen LogP contribution in [0, 0.1) is 15.3 Å². The van der Waals surface area contributed by atoms with E-state index in [0.717, 1.165) is 0 Å². The molecule has 0 N–H and O–H groups in total. The van der Waals surface area contributed by atoms with Crippen LogP contribution in [0.5, 0.6) is 0 Å². The predicted molar refractivity (Wildman–Crippen MR) is 95.5 cm³/mol. The Balaban J connectivity index is 0.000000522. The summed E-state index contributed by atoms with van der Waals surface area (Å²) in [5.74, 6) is 0. The average Bonchev–Trinajstić information content (AvgIpc) is 2.58. The number of hydrogen-bond donors (Lipinski definition) is 0. The van der Waals surface area contributed by atoms with Crippen molar-refractivity contribution in [1.29, 1.82) is 0 Å². The van der Waals surface area contributed by atoms with Crippen LogP contribution in [0.3, 0.4) is 0 Å². The fourth-order valence-electron chi connectivity index (χ4n) is 2.18. The van der Waals surface area contributed by atoms with Crippen LogP contribution in [0.15, 0.2) is 91.0 Å². The molecule has 0 heterocycles. The zero-order valence-electron chi connectivity index (χ0n) is 12.6. The molecule has 3 aromatic rings. The van der Waals surface area contributed by atoms with Crippen molar-refractivity contribution >= 4 is 23.8 Å². The molecule has 3 rings (SSSR count). The first-order chi connectivity index (χ1) is 11.2. The molecule has 0 aromatic heterocycles. The van der Waals surface area contributed by atoms with Gasteiger partial charge in [-0.3, -0.25) is 0 Å². The van der Waals surface area contributed by atoms with E-state index in [0.29, 0.717) is 0 Å². The van der Waals surface area contributed by atoms with E-state index < -0.39 is 13.0 Å².